The average Bonchev–Trinajstić information content (AvgIpc) is 2.34. The molecule has 0 radical (unpaired) electrons. The molecule has 0 aliphatic carbocycles. The molecule has 0 N–H and O–H groups in total. The van der Waals surface area contributed by atoms with Crippen LogP contribution in [0, 0.1) is 11.5 Å². The van der Waals surface area contributed by atoms with Gasteiger partial charge in [-0.25, -0.2) is 9.59 Å². The average molecular weight is 337 g/mol. The molecule has 1 heterocycles. The van der Waals surface area contributed by atoms with Gasteiger partial charge in [0.1, 0.15) is 8.07 Å². The number of esters is 2. The molecule has 5 heteroatoms. The second-order valence-electron chi connectivity index (χ2n) is 7.40. The molecule has 1 aliphatic rings. The Morgan fingerprint density at radius 1 is 0.913 bits per heavy atom. The smallest absolute Gasteiger partial charge is 0.349 e. The van der Waals surface area contributed by atoms with E-state index in [-0.39, 0.29) is 5.57 Å². The summed E-state index contributed by atoms with van der Waals surface area (Å²) in [6.07, 6.45) is 1.36. The Labute approximate surface area is 140 Å². The first-order valence-electron chi connectivity index (χ1n) is 8.13. The zero-order valence-electron chi connectivity index (χ0n) is 15.4. The molecule has 0 saturated carbocycles. The van der Waals surface area contributed by atoms with Crippen molar-refractivity contribution in [3.8, 4) is 11.5 Å². The SMILES string of the molecule is CC(C)[Si](C#CC=C1C(=O)OC(C)(C)OC1=O)(C(C)C)C(C)C. The van der Waals surface area contributed by atoms with Crippen LogP contribution in [-0.2, 0) is 19.1 Å². The van der Waals surface area contributed by atoms with E-state index in [9.17, 15) is 9.59 Å². The Hall–Kier alpha value is -1.54. The standard InChI is InChI=1S/C18H28O4Si/c1-12(2)23(13(3)4,14(5)6)11-9-10-15-16(19)21-18(7,8)22-17(15)20/h10,12-14H,1-8H3. The molecular formula is C18H28O4Si. The summed E-state index contributed by atoms with van der Waals surface area (Å²) >= 11 is 0. The fourth-order valence-electron chi connectivity index (χ4n) is 3.44. The van der Waals surface area contributed by atoms with E-state index < -0.39 is 25.8 Å². The fraction of sp³-hybridized carbons (Fsp3) is 0.667. The van der Waals surface area contributed by atoms with Crippen molar-refractivity contribution in [3.63, 3.8) is 0 Å². The third-order valence-electron chi connectivity index (χ3n) is 4.49. The lowest BCUT2D eigenvalue weighted by molar-refractivity contribution is -0.222. The van der Waals surface area contributed by atoms with Crippen LogP contribution in [0.15, 0.2) is 11.6 Å². The zero-order chi connectivity index (χ0) is 18.0. The van der Waals surface area contributed by atoms with E-state index in [1.165, 1.54) is 19.9 Å². The van der Waals surface area contributed by atoms with Crippen LogP contribution in [0.3, 0.4) is 0 Å². The number of carbonyl (C=O) groups excluding carboxylic acids is 2. The summed E-state index contributed by atoms with van der Waals surface area (Å²) in [6.45, 7) is 16.3. The van der Waals surface area contributed by atoms with Crippen LogP contribution >= 0.6 is 0 Å². The van der Waals surface area contributed by atoms with Crippen molar-refractivity contribution in [2.75, 3.05) is 0 Å². The molecule has 0 amide bonds. The Bertz CT molecular complexity index is 530. The van der Waals surface area contributed by atoms with Crippen LogP contribution in [0.1, 0.15) is 55.4 Å². The number of carbonyl (C=O) groups is 2. The van der Waals surface area contributed by atoms with Crippen molar-refractivity contribution in [2.45, 2.75) is 77.8 Å². The monoisotopic (exact) mass is 336 g/mol. The number of cyclic esters (lactones) is 2. The van der Waals surface area contributed by atoms with Gasteiger partial charge in [0.05, 0.1) is 0 Å². The van der Waals surface area contributed by atoms with Gasteiger partial charge in [0.2, 0.25) is 0 Å². The molecule has 1 fully saturated rings. The Morgan fingerprint density at radius 3 is 1.65 bits per heavy atom. The van der Waals surface area contributed by atoms with Crippen LogP contribution in [-0.4, -0.2) is 25.8 Å². The summed E-state index contributed by atoms with van der Waals surface area (Å²) in [5.41, 5.74) is 4.76. The normalized spacial score (nSPS) is 17.8. The Balaban J connectivity index is 3.19. The lowest BCUT2D eigenvalue weighted by atomic mass is 10.2. The van der Waals surface area contributed by atoms with E-state index in [1.54, 1.807) is 0 Å². The molecule has 0 aromatic rings. The zero-order valence-corrected chi connectivity index (χ0v) is 16.4. The van der Waals surface area contributed by atoms with E-state index in [1.807, 2.05) is 0 Å². The quantitative estimate of drug-likeness (QED) is 0.257. The molecule has 1 aliphatic heterocycles. The van der Waals surface area contributed by atoms with E-state index in [0.29, 0.717) is 16.6 Å². The molecule has 23 heavy (non-hydrogen) atoms. The van der Waals surface area contributed by atoms with Crippen LogP contribution < -0.4 is 0 Å². The van der Waals surface area contributed by atoms with Gasteiger partial charge in [0.25, 0.3) is 5.79 Å². The van der Waals surface area contributed by atoms with E-state index in [2.05, 4.69) is 53.0 Å². The maximum Gasteiger partial charge on any atom is 0.349 e. The number of hydrogen-bond acceptors (Lipinski definition) is 4. The predicted molar refractivity (Wildman–Crippen MR) is 93.2 cm³/mol. The van der Waals surface area contributed by atoms with Crippen molar-refractivity contribution < 1.29 is 19.1 Å². The number of allylic oxidation sites excluding steroid dienone is 1. The largest absolute Gasteiger partial charge is 0.419 e. The molecule has 0 aromatic carbocycles. The molecule has 1 saturated heterocycles. The van der Waals surface area contributed by atoms with Crippen LogP contribution in [0.4, 0.5) is 0 Å². The third kappa shape index (κ3) is 4.05. The highest BCUT2D eigenvalue weighted by atomic mass is 28.3. The van der Waals surface area contributed by atoms with Crippen LogP contribution in [0.5, 0.6) is 0 Å². The maximum atomic E-state index is 11.9. The topological polar surface area (TPSA) is 52.6 Å². The minimum atomic E-state index is -1.89. The Morgan fingerprint density at radius 2 is 1.30 bits per heavy atom. The van der Waals surface area contributed by atoms with Gasteiger partial charge < -0.3 is 9.47 Å². The minimum absolute atomic E-state index is 0.129. The highest BCUT2D eigenvalue weighted by Crippen LogP contribution is 2.40. The van der Waals surface area contributed by atoms with Gasteiger partial charge in [-0.1, -0.05) is 47.5 Å². The maximum absolute atomic E-state index is 11.9. The number of ether oxygens (including phenoxy) is 2. The minimum Gasteiger partial charge on any atom is -0.419 e. The van der Waals surface area contributed by atoms with Gasteiger partial charge >= 0.3 is 11.9 Å². The summed E-state index contributed by atoms with van der Waals surface area (Å²) in [7, 11) is -1.89. The van der Waals surface area contributed by atoms with Crippen molar-refractivity contribution in [1.29, 1.82) is 0 Å². The summed E-state index contributed by atoms with van der Waals surface area (Å²) in [5, 5.41) is 0. The van der Waals surface area contributed by atoms with E-state index in [0.717, 1.165) is 0 Å². The van der Waals surface area contributed by atoms with Crippen molar-refractivity contribution in [2.24, 2.45) is 0 Å². The van der Waals surface area contributed by atoms with Gasteiger partial charge in [0.15, 0.2) is 5.57 Å². The van der Waals surface area contributed by atoms with Gasteiger partial charge in [-0.2, -0.15) is 0 Å². The number of rotatable bonds is 3. The second kappa shape index (κ2) is 6.92. The van der Waals surface area contributed by atoms with Gasteiger partial charge in [0, 0.05) is 19.9 Å². The lowest BCUT2D eigenvalue weighted by Crippen LogP contribution is -2.43. The fourth-order valence-corrected chi connectivity index (χ4v) is 8.63. The summed E-state index contributed by atoms with van der Waals surface area (Å²) < 4.78 is 10.2. The van der Waals surface area contributed by atoms with Crippen LogP contribution in [0.25, 0.3) is 0 Å². The molecule has 0 spiro atoms. The van der Waals surface area contributed by atoms with Crippen molar-refractivity contribution in [1.82, 2.24) is 0 Å². The first-order valence-corrected chi connectivity index (χ1v) is 10.4. The molecule has 0 bridgehead atoms. The first-order chi connectivity index (χ1) is 10.4. The molecule has 0 atom stereocenters. The molecule has 4 nitrogen and oxygen atoms in total. The lowest BCUT2D eigenvalue weighted by Gasteiger charge is -2.38. The van der Waals surface area contributed by atoms with Crippen LogP contribution in [0.2, 0.25) is 16.6 Å². The highest BCUT2D eigenvalue weighted by Gasteiger charge is 2.42. The summed E-state index contributed by atoms with van der Waals surface area (Å²) in [6, 6.07) is 0. The van der Waals surface area contributed by atoms with E-state index >= 15 is 0 Å². The van der Waals surface area contributed by atoms with E-state index in [4.69, 9.17) is 9.47 Å². The molecule has 0 aromatic heterocycles. The second-order valence-corrected chi connectivity index (χ2v) is 13.0. The molecule has 0 unspecified atom stereocenters. The molecular weight excluding hydrogens is 308 g/mol. The Kier molecular flexibility index (Phi) is 5.87. The number of hydrogen-bond donors (Lipinski definition) is 0. The third-order valence-corrected chi connectivity index (χ3v) is 10.8. The van der Waals surface area contributed by atoms with Gasteiger partial charge in [-0.15, -0.1) is 5.54 Å². The summed E-state index contributed by atoms with van der Waals surface area (Å²) in [4.78, 5) is 23.9. The van der Waals surface area contributed by atoms with Gasteiger partial charge in [-0.05, 0) is 16.6 Å². The first kappa shape index (κ1) is 19.5. The van der Waals surface area contributed by atoms with Crippen molar-refractivity contribution in [3.05, 3.63) is 11.6 Å². The molecule has 128 valence electrons. The van der Waals surface area contributed by atoms with Gasteiger partial charge in [-0.3, -0.25) is 0 Å². The molecule has 1 rings (SSSR count). The van der Waals surface area contributed by atoms with Crippen molar-refractivity contribution >= 4 is 20.0 Å². The summed E-state index contributed by atoms with van der Waals surface area (Å²) in [5.74, 6) is 0.410. The predicted octanol–water partition coefficient (Wildman–Crippen LogP) is 3.97. The highest BCUT2D eigenvalue weighted by molar-refractivity contribution is 6.90.